The number of nitrogens with one attached hydrogen (secondary N) is 1. The van der Waals surface area contributed by atoms with E-state index in [-0.39, 0.29) is 17.0 Å². The smallest absolute Gasteiger partial charge is 0.263 e. The molecule has 1 aliphatic heterocycles. The van der Waals surface area contributed by atoms with Crippen LogP contribution < -0.4 is 10.9 Å². The molecule has 0 bridgehead atoms. The molecule has 0 spiro atoms. The van der Waals surface area contributed by atoms with Gasteiger partial charge in [-0.2, -0.15) is 0 Å². The van der Waals surface area contributed by atoms with Crippen LogP contribution in [0.5, 0.6) is 0 Å². The number of ether oxygens (including phenoxy) is 1. The Morgan fingerprint density at radius 2 is 2.07 bits per heavy atom. The summed E-state index contributed by atoms with van der Waals surface area (Å²) in [6.07, 6.45) is 1.77. The Bertz CT molecular complexity index is 1070. The van der Waals surface area contributed by atoms with Gasteiger partial charge >= 0.3 is 0 Å². The Morgan fingerprint density at radius 1 is 1.24 bits per heavy atom. The number of rotatable bonds is 6. The van der Waals surface area contributed by atoms with Gasteiger partial charge in [-0.15, -0.1) is 11.3 Å². The van der Waals surface area contributed by atoms with Gasteiger partial charge in [0, 0.05) is 38.9 Å². The average Bonchev–Trinajstić information content (AvgIpc) is 3.22. The van der Waals surface area contributed by atoms with Gasteiger partial charge in [0.05, 0.1) is 28.9 Å². The number of morpholine rings is 1. The highest BCUT2D eigenvalue weighted by atomic mass is 32.1. The molecule has 8 heteroatoms. The normalized spacial score (nSPS) is 14.9. The van der Waals surface area contributed by atoms with Crippen molar-refractivity contribution < 1.29 is 9.53 Å². The standard InChI is InChI=1S/C21H24N4O3S/c1-15-5-6-25(8-7-24-9-11-28-12-10-24)21(27)18(15)20(26)22-13-16-3-2-4-17-19(16)29-14-23-17/h2-6,14H,7-13H2,1H3,(H,22,26). The number of nitrogens with zero attached hydrogens (tertiary/aromatic N) is 3. The van der Waals surface area contributed by atoms with E-state index in [9.17, 15) is 9.59 Å². The third-order valence-corrected chi connectivity index (χ3v) is 6.16. The molecule has 3 aromatic rings. The lowest BCUT2D eigenvalue weighted by atomic mass is 10.1. The van der Waals surface area contributed by atoms with Gasteiger partial charge in [0.15, 0.2) is 0 Å². The van der Waals surface area contributed by atoms with Gasteiger partial charge < -0.3 is 14.6 Å². The number of aryl methyl sites for hydroxylation is 1. The SMILES string of the molecule is Cc1ccn(CCN2CCOCC2)c(=O)c1C(=O)NCc1cccc2ncsc12. The van der Waals surface area contributed by atoms with Gasteiger partial charge in [-0.05, 0) is 30.2 Å². The predicted molar refractivity (Wildman–Crippen MR) is 113 cm³/mol. The zero-order chi connectivity index (χ0) is 20.2. The van der Waals surface area contributed by atoms with E-state index in [0.717, 1.165) is 48.6 Å². The maximum Gasteiger partial charge on any atom is 0.263 e. The van der Waals surface area contributed by atoms with Crippen LogP contribution in [0, 0.1) is 6.92 Å². The number of thiazole rings is 1. The number of pyridine rings is 1. The van der Waals surface area contributed by atoms with Crippen LogP contribution in [-0.2, 0) is 17.8 Å². The second kappa shape index (κ2) is 8.86. The maximum atomic E-state index is 12.9. The van der Waals surface area contributed by atoms with Crippen LogP contribution in [-0.4, -0.2) is 53.2 Å². The summed E-state index contributed by atoms with van der Waals surface area (Å²) in [4.78, 5) is 32.3. The number of aromatic nitrogens is 2. The van der Waals surface area contributed by atoms with E-state index in [4.69, 9.17) is 4.74 Å². The molecule has 1 saturated heterocycles. The molecule has 1 amide bonds. The van der Waals surface area contributed by atoms with Crippen molar-refractivity contribution >= 4 is 27.5 Å². The fourth-order valence-electron chi connectivity index (χ4n) is 3.54. The first-order valence-electron chi connectivity index (χ1n) is 9.73. The molecule has 0 radical (unpaired) electrons. The number of hydrogen-bond donors (Lipinski definition) is 1. The lowest BCUT2D eigenvalue weighted by molar-refractivity contribution is 0.0362. The summed E-state index contributed by atoms with van der Waals surface area (Å²) >= 11 is 1.55. The van der Waals surface area contributed by atoms with Crippen LogP contribution >= 0.6 is 11.3 Å². The van der Waals surface area contributed by atoms with Crippen LogP contribution in [0.2, 0.25) is 0 Å². The largest absolute Gasteiger partial charge is 0.379 e. The molecule has 1 fully saturated rings. The van der Waals surface area contributed by atoms with E-state index >= 15 is 0 Å². The zero-order valence-electron chi connectivity index (χ0n) is 16.4. The van der Waals surface area contributed by atoms with Crippen LogP contribution in [0.3, 0.4) is 0 Å². The second-order valence-electron chi connectivity index (χ2n) is 7.13. The topological polar surface area (TPSA) is 76.5 Å². The van der Waals surface area contributed by atoms with Gasteiger partial charge in [0.25, 0.3) is 11.5 Å². The molecule has 29 heavy (non-hydrogen) atoms. The molecule has 0 unspecified atom stereocenters. The third-order valence-electron chi connectivity index (χ3n) is 5.24. The Morgan fingerprint density at radius 3 is 2.90 bits per heavy atom. The molecule has 3 heterocycles. The third kappa shape index (κ3) is 4.39. The van der Waals surface area contributed by atoms with E-state index in [1.54, 1.807) is 34.5 Å². The second-order valence-corrected chi connectivity index (χ2v) is 7.98. The van der Waals surface area contributed by atoms with Crippen molar-refractivity contribution in [3.63, 3.8) is 0 Å². The van der Waals surface area contributed by atoms with E-state index < -0.39 is 0 Å². The lowest BCUT2D eigenvalue weighted by Crippen LogP contribution is -2.40. The van der Waals surface area contributed by atoms with E-state index in [1.165, 1.54) is 0 Å². The van der Waals surface area contributed by atoms with Gasteiger partial charge in [0.2, 0.25) is 0 Å². The molecule has 1 aliphatic rings. The van der Waals surface area contributed by atoms with E-state index in [0.29, 0.717) is 18.7 Å². The maximum absolute atomic E-state index is 12.9. The summed E-state index contributed by atoms with van der Waals surface area (Å²) in [6.45, 7) is 6.67. The van der Waals surface area contributed by atoms with Crippen molar-refractivity contribution in [2.45, 2.75) is 20.0 Å². The summed E-state index contributed by atoms with van der Waals surface area (Å²) in [6, 6.07) is 7.68. The highest BCUT2D eigenvalue weighted by molar-refractivity contribution is 7.16. The Hall–Kier alpha value is -2.55. The summed E-state index contributed by atoms with van der Waals surface area (Å²) in [7, 11) is 0. The fraction of sp³-hybridized carbons (Fsp3) is 0.381. The van der Waals surface area contributed by atoms with Crippen LogP contribution in [0.15, 0.2) is 40.8 Å². The molecule has 152 valence electrons. The number of amides is 1. The minimum absolute atomic E-state index is 0.214. The molecule has 0 saturated carbocycles. The van der Waals surface area contributed by atoms with Crippen molar-refractivity contribution in [1.29, 1.82) is 0 Å². The molecule has 7 nitrogen and oxygen atoms in total. The predicted octanol–water partition coefficient (Wildman–Crippen LogP) is 2.03. The summed E-state index contributed by atoms with van der Waals surface area (Å²) in [5.74, 6) is -0.338. The number of carbonyl (C=O) groups excluding carboxylic acids is 1. The van der Waals surface area contributed by atoms with Gasteiger partial charge in [-0.25, -0.2) is 4.98 Å². The number of hydrogen-bond acceptors (Lipinski definition) is 6. The number of carbonyl (C=O) groups is 1. The first-order valence-corrected chi connectivity index (χ1v) is 10.6. The molecule has 1 aromatic carbocycles. The van der Waals surface area contributed by atoms with Crippen LogP contribution in [0.25, 0.3) is 10.2 Å². The molecular formula is C21H24N4O3S. The van der Waals surface area contributed by atoms with Gasteiger partial charge in [0.1, 0.15) is 5.56 Å². The monoisotopic (exact) mass is 412 g/mol. The first-order chi connectivity index (χ1) is 14.1. The first kappa shape index (κ1) is 19.8. The number of fused-ring (bicyclic) bond motifs is 1. The zero-order valence-corrected chi connectivity index (χ0v) is 17.2. The Kier molecular flexibility index (Phi) is 6.03. The minimum Gasteiger partial charge on any atom is -0.379 e. The highest BCUT2D eigenvalue weighted by Gasteiger charge is 2.17. The molecule has 0 atom stereocenters. The molecule has 0 aliphatic carbocycles. The van der Waals surface area contributed by atoms with Crippen molar-refractivity contribution in [1.82, 2.24) is 19.8 Å². The van der Waals surface area contributed by atoms with E-state index in [2.05, 4.69) is 15.2 Å². The van der Waals surface area contributed by atoms with Crippen molar-refractivity contribution in [2.24, 2.45) is 0 Å². The summed E-state index contributed by atoms with van der Waals surface area (Å²) in [5.41, 5.74) is 4.37. The lowest BCUT2D eigenvalue weighted by Gasteiger charge is -2.26. The fourth-order valence-corrected chi connectivity index (χ4v) is 4.34. The summed E-state index contributed by atoms with van der Waals surface area (Å²) in [5, 5.41) is 2.91. The van der Waals surface area contributed by atoms with Crippen LogP contribution in [0.4, 0.5) is 0 Å². The molecule has 2 aromatic heterocycles. The van der Waals surface area contributed by atoms with Crippen molar-refractivity contribution in [3.8, 4) is 0 Å². The Labute approximate surface area is 172 Å². The van der Waals surface area contributed by atoms with Crippen molar-refractivity contribution in [2.75, 3.05) is 32.8 Å². The molecular weight excluding hydrogens is 388 g/mol. The minimum atomic E-state index is -0.338. The van der Waals surface area contributed by atoms with E-state index in [1.807, 2.05) is 24.3 Å². The number of benzene rings is 1. The van der Waals surface area contributed by atoms with Gasteiger partial charge in [-0.3, -0.25) is 14.5 Å². The van der Waals surface area contributed by atoms with Gasteiger partial charge in [-0.1, -0.05) is 12.1 Å². The quantitative estimate of drug-likeness (QED) is 0.670. The van der Waals surface area contributed by atoms with Crippen LogP contribution in [0.1, 0.15) is 21.5 Å². The average molecular weight is 413 g/mol. The van der Waals surface area contributed by atoms with Crippen molar-refractivity contribution in [3.05, 3.63) is 63.0 Å². The molecule has 1 N–H and O–H groups in total. The summed E-state index contributed by atoms with van der Waals surface area (Å²) < 4.78 is 8.04. The highest BCUT2D eigenvalue weighted by Crippen LogP contribution is 2.22. The Balaban J connectivity index is 1.47. The molecule has 4 rings (SSSR count).